The molecule has 10 heteroatoms. The van der Waals surface area contributed by atoms with Gasteiger partial charge in [-0.15, -0.1) is 0 Å². The van der Waals surface area contributed by atoms with E-state index in [0.717, 1.165) is 13.8 Å². The number of alkyl halides is 6. The van der Waals surface area contributed by atoms with Gasteiger partial charge in [0.25, 0.3) is 0 Å². The number of hydrogen-bond donors (Lipinski definition) is 1. The first-order chi connectivity index (χ1) is 10.8. The molecule has 1 aliphatic carbocycles. The van der Waals surface area contributed by atoms with E-state index in [1.165, 1.54) is 0 Å². The van der Waals surface area contributed by atoms with Gasteiger partial charge in [-0.05, 0) is 39.5 Å². The Morgan fingerprint density at radius 2 is 1.50 bits per heavy atom. The summed E-state index contributed by atoms with van der Waals surface area (Å²) in [6, 6.07) is -16.2. The van der Waals surface area contributed by atoms with Crippen molar-refractivity contribution in [2.75, 3.05) is 6.54 Å². The standard InChI is InChI=1S/C14H21F6N3O/c1-8(2)23-12(15,16)7-22(13(17,18)14(23,19)20)11(24)9-3-5-10(21)6-4-9/h8-10H,3-7,21H2,1-2H3. The maximum absolute atomic E-state index is 14.2. The summed E-state index contributed by atoms with van der Waals surface area (Å²) in [6.45, 7) is 0.172. The number of halogens is 6. The fourth-order valence-corrected chi connectivity index (χ4v) is 3.38. The van der Waals surface area contributed by atoms with E-state index in [1.54, 1.807) is 0 Å². The van der Waals surface area contributed by atoms with Crippen LogP contribution >= 0.6 is 0 Å². The highest BCUT2D eigenvalue weighted by Gasteiger charge is 2.75. The molecule has 2 N–H and O–H groups in total. The molecule has 24 heavy (non-hydrogen) atoms. The number of amides is 1. The van der Waals surface area contributed by atoms with E-state index >= 15 is 0 Å². The molecule has 0 atom stereocenters. The van der Waals surface area contributed by atoms with Crippen molar-refractivity contribution >= 4 is 5.91 Å². The number of nitrogens with zero attached hydrogens (tertiary/aromatic N) is 2. The van der Waals surface area contributed by atoms with Gasteiger partial charge >= 0.3 is 18.1 Å². The van der Waals surface area contributed by atoms with Crippen molar-refractivity contribution in [3.63, 3.8) is 0 Å². The van der Waals surface area contributed by atoms with Gasteiger partial charge in [0.2, 0.25) is 5.91 Å². The van der Waals surface area contributed by atoms with Gasteiger partial charge in [0, 0.05) is 18.0 Å². The normalized spacial score (nSPS) is 32.8. The average molecular weight is 361 g/mol. The molecule has 0 aromatic carbocycles. The molecule has 0 unspecified atom stereocenters. The monoisotopic (exact) mass is 361 g/mol. The second-order valence-corrected chi connectivity index (χ2v) is 6.75. The number of nitrogens with two attached hydrogens (primary N) is 1. The molecule has 1 saturated heterocycles. The van der Waals surface area contributed by atoms with Crippen LogP contribution in [0.5, 0.6) is 0 Å². The fourth-order valence-electron chi connectivity index (χ4n) is 3.38. The molecule has 2 rings (SSSR count). The summed E-state index contributed by atoms with van der Waals surface area (Å²) in [4.78, 5) is 10.8. The summed E-state index contributed by atoms with van der Waals surface area (Å²) in [6.07, 6.45) is 0.969. The molecular weight excluding hydrogens is 340 g/mol. The Bertz CT molecular complexity index is 491. The first-order valence-electron chi connectivity index (χ1n) is 7.82. The van der Waals surface area contributed by atoms with Crippen LogP contribution in [0.1, 0.15) is 39.5 Å². The molecule has 1 aliphatic heterocycles. The first-order valence-corrected chi connectivity index (χ1v) is 7.82. The zero-order valence-corrected chi connectivity index (χ0v) is 13.4. The summed E-state index contributed by atoms with van der Waals surface area (Å²) >= 11 is 0. The van der Waals surface area contributed by atoms with Gasteiger partial charge < -0.3 is 5.73 Å². The van der Waals surface area contributed by atoms with Crippen LogP contribution in [0.15, 0.2) is 0 Å². The highest BCUT2D eigenvalue weighted by molar-refractivity contribution is 5.79. The Hall–Kier alpha value is -1.03. The SMILES string of the molecule is CC(C)N1C(F)(F)CN(C(=O)C2CCC(N)CC2)C(F)(F)C1(F)F. The minimum atomic E-state index is -5.18. The molecule has 0 aromatic heterocycles. The van der Waals surface area contributed by atoms with Crippen LogP contribution in [-0.4, -0.2) is 52.5 Å². The van der Waals surface area contributed by atoms with Crippen LogP contribution in [0.3, 0.4) is 0 Å². The second-order valence-electron chi connectivity index (χ2n) is 6.75. The van der Waals surface area contributed by atoms with E-state index in [-0.39, 0.29) is 18.9 Å². The van der Waals surface area contributed by atoms with Crippen LogP contribution in [0.2, 0.25) is 0 Å². The molecule has 2 fully saturated rings. The maximum Gasteiger partial charge on any atom is 0.405 e. The predicted octanol–water partition coefficient (Wildman–Crippen LogP) is 2.83. The van der Waals surface area contributed by atoms with Gasteiger partial charge in [-0.25, -0.2) is 0 Å². The summed E-state index contributed by atoms with van der Waals surface area (Å²) in [7, 11) is 0. The number of hydrogen-bond acceptors (Lipinski definition) is 3. The summed E-state index contributed by atoms with van der Waals surface area (Å²) in [5.41, 5.74) is 5.65. The lowest BCUT2D eigenvalue weighted by atomic mass is 9.85. The lowest BCUT2D eigenvalue weighted by Gasteiger charge is -2.51. The van der Waals surface area contributed by atoms with Crippen molar-refractivity contribution in [2.45, 2.75) is 69.8 Å². The zero-order chi connectivity index (χ0) is 18.5. The van der Waals surface area contributed by atoms with Gasteiger partial charge in [0.1, 0.15) is 6.54 Å². The highest BCUT2D eigenvalue weighted by Crippen LogP contribution is 2.50. The predicted molar refractivity (Wildman–Crippen MR) is 73.5 cm³/mol. The Morgan fingerprint density at radius 3 is 1.96 bits per heavy atom. The van der Waals surface area contributed by atoms with Crippen LogP contribution < -0.4 is 5.73 Å². The molecule has 0 radical (unpaired) electrons. The topological polar surface area (TPSA) is 49.6 Å². The van der Waals surface area contributed by atoms with Crippen molar-refractivity contribution < 1.29 is 31.1 Å². The molecule has 140 valence electrons. The van der Waals surface area contributed by atoms with Gasteiger partial charge in [0.15, 0.2) is 0 Å². The lowest BCUT2D eigenvalue weighted by Crippen LogP contribution is -2.76. The largest absolute Gasteiger partial charge is 0.405 e. The van der Waals surface area contributed by atoms with E-state index in [4.69, 9.17) is 5.73 Å². The van der Waals surface area contributed by atoms with E-state index in [2.05, 4.69) is 0 Å². The number of piperazine rings is 1. The Kier molecular flexibility index (Phi) is 4.86. The van der Waals surface area contributed by atoms with Crippen molar-refractivity contribution in [2.24, 2.45) is 11.7 Å². The molecule has 2 aliphatic rings. The molecule has 0 bridgehead atoms. The molecule has 4 nitrogen and oxygen atoms in total. The third-order valence-corrected chi connectivity index (χ3v) is 4.61. The third kappa shape index (κ3) is 2.98. The van der Waals surface area contributed by atoms with Crippen molar-refractivity contribution in [1.82, 2.24) is 9.80 Å². The molecule has 0 aromatic rings. The zero-order valence-electron chi connectivity index (χ0n) is 13.4. The quantitative estimate of drug-likeness (QED) is 0.608. The van der Waals surface area contributed by atoms with Gasteiger partial charge in [-0.3, -0.25) is 9.69 Å². The maximum atomic E-state index is 14.2. The van der Waals surface area contributed by atoms with Gasteiger partial charge in [-0.1, -0.05) is 0 Å². The van der Waals surface area contributed by atoms with Crippen LogP contribution in [0, 0.1) is 5.92 Å². The highest BCUT2D eigenvalue weighted by atomic mass is 19.3. The third-order valence-electron chi connectivity index (χ3n) is 4.61. The van der Waals surface area contributed by atoms with E-state index in [9.17, 15) is 31.1 Å². The lowest BCUT2D eigenvalue weighted by molar-refractivity contribution is -0.423. The van der Waals surface area contributed by atoms with Crippen molar-refractivity contribution in [3.05, 3.63) is 0 Å². The number of rotatable bonds is 2. The minimum Gasteiger partial charge on any atom is -0.328 e. The van der Waals surface area contributed by atoms with Gasteiger partial charge in [-0.2, -0.15) is 31.2 Å². The smallest absolute Gasteiger partial charge is 0.328 e. The van der Waals surface area contributed by atoms with E-state index < -0.39 is 52.4 Å². The average Bonchev–Trinajstić information content (AvgIpc) is 2.42. The number of carbonyl (C=O) groups is 1. The Labute approximate surface area is 135 Å². The van der Waals surface area contributed by atoms with Crippen LogP contribution in [0.4, 0.5) is 26.3 Å². The first kappa shape index (κ1) is 19.3. The van der Waals surface area contributed by atoms with E-state index in [0.29, 0.717) is 12.8 Å². The van der Waals surface area contributed by atoms with Crippen LogP contribution in [-0.2, 0) is 4.79 Å². The second kappa shape index (κ2) is 6.05. The molecule has 1 heterocycles. The summed E-state index contributed by atoms with van der Waals surface area (Å²) in [5, 5.41) is 0. The summed E-state index contributed by atoms with van der Waals surface area (Å²) in [5.74, 6) is -2.36. The number of carbonyl (C=O) groups excluding carboxylic acids is 1. The van der Waals surface area contributed by atoms with E-state index in [1.807, 2.05) is 0 Å². The Morgan fingerprint density at radius 1 is 1.00 bits per heavy atom. The fraction of sp³-hybridized carbons (Fsp3) is 0.929. The van der Waals surface area contributed by atoms with Crippen molar-refractivity contribution in [1.29, 1.82) is 0 Å². The van der Waals surface area contributed by atoms with Gasteiger partial charge in [0.05, 0.1) is 0 Å². The molecule has 1 saturated carbocycles. The van der Waals surface area contributed by atoms with Crippen LogP contribution in [0.25, 0.3) is 0 Å². The minimum absolute atomic E-state index is 0.123. The molecular formula is C14H21F6N3O. The Balaban J connectivity index is 2.32. The molecule has 1 amide bonds. The van der Waals surface area contributed by atoms with Crippen molar-refractivity contribution in [3.8, 4) is 0 Å². The molecule has 0 spiro atoms. The summed E-state index contributed by atoms with van der Waals surface area (Å²) < 4.78 is 84.9.